The maximum Gasteiger partial charge on any atom is 0.328 e. The molecule has 4 atom stereocenters. The molecule has 7 N–H and O–H groups in total. The van der Waals surface area contributed by atoms with Gasteiger partial charge >= 0.3 is 5.97 Å². The Morgan fingerprint density at radius 3 is 1.93 bits per heavy atom. The van der Waals surface area contributed by atoms with Crippen LogP contribution in [0.2, 0.25) is 0 Å². The SMILES string of the molecule is CC(N)C(=O)NC(C(=O)NC(Cc1ccccc1)C(=O)NC(CO)C(=O)O)C(C)C. The van der Waals surface area contributed by atoms with Crippen LogP contribution in [-0.2, 0) is 25.6 Å². The lowest BCUT2D eigenvalue weighted by Crippen LogP contribution is -2.59. The summed E-state index contributed by atoms with van der Waals surface area (Å²) in [6.45, 7) is 4.14. The van der Waals surface area contributed by atoms with Crippen molar-refractivity contribution in [3.05, 3.63) is 35.9 Å². The maximum atomic E-state index is 12.8. The number of benzene rings is 1. The fourth-order valence-corrected chi connectivity index (χ4v) is 2.60. The Morgan fingerprint density at radius 1 is 0.900 bits per heavy atom. The summed E-state index contributed by atoms with van der Waals surface area (Å²) in [4.78, 5) is 48.6. The standard InChI is InChI=1S/C20H30N4O6/c1-11(2)16(24-17(26)12(3)21)19(28)22-14(9-13-7-5-4-6-8-13)18(27)23-15(10-25)20(29)30/h4-8,11-12,14-16,25H,9-10,21H2,1-3H3,(H,22,28)(H,23,27)(H,24,26)(H,29,30). The average Bonchev–Trinajstić information content (AvgIpc) is 2.69. The van der Waals surface area contributed by atoms with E-state index in [4.69, 9.17) is 15.9 Å². The predicted octanol–water partition coefficient (Wildman–Crippen LogP) is -1.24. The third-order valence-electron chi connectivity index (χ3n) is 4.37. The van der Waals surface area contributed by atoms with Crippen molar-refractivity contribution < 1.29 is 29.4 Å². The zero-order chi connectivity index (χ0) is 22.8. The second-order valence-corrected chi connectivity index (χ2v) is 7.35. The summed E-state index contributed by atoms with van der Waals surface area (Å²) in [5, 5.41) is 25.6. The molecule has 0 bridgehead atoms. The summed E-state index contributed by atoms with van der Waals surface area (Å²) in [6, 6.07) is 4.44. The first-order valence-corrected chi connectivity index (χ1v) is 9.61. The molecule has 4 unspecified atom stereocenters. The number of nitrogens with one attached hydrogen (secondary N) is 3. The van der Waals surface area contributed by atoms with Crippen molar-refractivity contribution >= 4 is 23.7 Å². The van der Waals surface area contributed by atoms with E-state index in [9.17, 15) is 19.2 Å². The Hall–Kier alpha value is -2.98. The number of amides is 3. The molecule has 30 heavy (non-hydrogen) atoms. The highest BCUT2D eigenvalue weighted by Gasteiger charge is 2.31. The number of aliphatic hydroxyl groups is 1. The van der Waals surface area contributed by atoms with Gasteiger partial charge in [-0.15, -0.1) is 0 Å². The third kappa shape index (κ3) is 7.80. The fraction of sp³-hybridized carbons (Fsp3) is 0.500. The number of carbonyl (C=O) groups excluding carboxylic acids is 3. The second kappa shape index (κ2) is 11.9. The third-order valence-corrected chi connectivity index (χ3v) is 4.37. The average molecular weight is 422 g/mol. The van der Waals surface area contributed by atoms with Crippen molar-refractivity contribution in [1.29, 1.82) is 0 Å². The summed E-state index contributed by atoms with van der Waals surface area (Å²) in [6.07, 6.45) is 0.0855. The molecule has 0 heterocycles. The quantitative estimate of drug-likeness (QED) is 0.259. The zero-order valence-electron chi connectivity index (χ0n) is 17.3. The Balaban J connectivity index is 3.04. The molecule has 0 saturated carbocycles. The number of aliphatic carboxylic acids is 1. The molecule has 0 aliphatic heterocycles. The van der Waals surface area contributed by atoms with Gasteiger partial charge in [-0.05, 0) is 18.4 Å². The van der Waals surface area contributed by atoms with Gasteiger partial charge in [0.25, 0.3) is 0 Å². The van der Waals surface area contributed by atoms with Gasteiger partial charge < -0.3 is 31.9 Å². The summed E-state index contributed by atoms with van der Waals surface area (Å²) < 4.78 is 0. The van der Waals surface area contributed by atoms with Crippen molar-refractivity contribution in [1.82, 2.24) is 16.0 Å². The molecular formula is C20H30N4O6. The molecule has 1 aromatic rings. The number of aliphatic hydroxyl groups excluding tert-OH is 1. The predicted molar refractivity (Wildman–Crippen MR) is 109 cm³/mol. The van der Waals surface area contributed by atoms with Crippen molar-refractivity contribution in [2.75, 3.05) is 6.61 Å². The molecule has 0 radical (unpaired) electrons. The summed E-state index contributed by atoms with van der Waals surface area (Å²) in [5.41, 5.74) is 6.28. The van der Waals surface area contributed by atoms with Crippen LogP contribution in [0.15, 0.2) is 30.3 Å². The number of carbonyl (C=O) groups is 4. The van der Waals surface area contributed by atoms with Gasteiger partial charge in [0.1, 0.15) is 18.1 Å². The Labute approximate surface area is 175 Å². The van der Waals surface area contributed by atoms with E-state index in [0.29, 0.717) is 0 Å². The van der Waals surface area contributed by atoms with Crippen LogP contribution >= 0.6 is 0 Å². The zero-order valence-corrected chi connectivity index (χ0v) is 17.3. The van der Waals surface area contributed by atoms with E-state index < -0.39 is 54.5 Å². The molecule has 0 spiro atoms. The van der Waals surface area contributed by atoms with E-state index in [2.05, 4.69) is 16.0 Å². The van der Waals surface area contributed by atoms with Crippen LogP contribution in [-0.4, -0.2) is 64.7 Å². The van der Waals surface area contributed by atoms with E-state index in [0.717, 1.165) is 5.56 Å². The van der Waals surface area contributed by atoms with Gasteiger partial charge in [0, 0.05) is 6.42 Å². The topological polar surface area (TPSA) is 171 Å². The van der Waals surface area contributed by atoms with Crippen molar-refractivity contribution in [2.24, 2.45) is 11.7 Å². The second-order valence-electron chi connectivity index (χ2n) is 7.35. The van der Waals surface area contributed by atoms with Gasteiger partial charge in [0.2, 0.25) is 17.7 Å². The lowest BCUT2D eigenvalue weighted by molar-refractivity contribution is -0.143. The molecule has 0 saturated heterocycles. The van der Waals surface area contributed by atoms with Gasteiger partial charge in [0.15, 0.2) is 0 Å². The first-order chi connectivity index (χ1) is 14.1. The van der Waals surface area contributed by atoms with Gasteiger partial charge in [-0.2, -0.15) is 0 Å². The highest BCUT2D eigenvalue weighted by atomic mass is 16.4. The molecule has 10 heteroatoms. The van der Waals surface area contributed by atoms with Crippen LogP contribution in [0.1, 0.15) is 26.3 Å². The number of hydrogen-bond donors (Lipinski definition) is 6. The summed E-state index contributed by atoms with van der Waals surface area (Å²) in [7, 11) is 0. The Bertz CT molecular complexity index is 738. The minimum absolute atomic E-state index is 0.0855. The molecule has 0 aromatic heterocycles. The highest BCUT2D eigenvalue weighted by Crippen LogP contribution is 2.07. The molecule has 1 aromatic carbocycles. The lowest BCUT2D eigenvalue weighted by Gasteiger charge is -2.26. The number of hydrogen-bond acceptors (Lipinski definition) is 6. The molecule has 10 nitrogen and oxygen atoms in total. The van der Waals surface area contributed by atoms with Crippen molar-refractivity contribution in [2.45, 2.75) is 51.4 Å². The first-order valence-electron chi connectivity index (χ1n) is 9.61. The van der Waals surface area contributed by atoms with E-state index in [1.165, 1.54) is 6.92 Å². The van der Waals surface area contributed by atoms with Crippen LogP contribution in [0.25, 0.3) is 0 Å². The molecule has 0 aliphatic carbocycles. The molecule has 0 fully saturated rings. The first kappa shape index (κ1) is 25.1. The van der Waals surface area contributed by atoms with Gasteiger partial charge in [-0.1, -0.05) is 44.2 Å². The van der Waals surface area contributed by atoms with E-state index in [1.54, 1.807) is 44.2 Å². The normalized spacial score (nSPS) is 14.9. The van der Waals surface area contributed by atoms with Gasteiger partial charge in [-0.3, -0.25) is 14.4 Å². The van der Waals surface area contributed by atoms with E-state index in [1.807, 2.05) is 0 Å². The molecular weight excluding hydrogens is 392 g/mol. The van der Waals surface area contributed by atoms with E-state index in [-0.39, 0.29) is 12.3 Å². The Kier molecular flexibility index (Phi) is 9.93. The fourth-order valence-electron chi connectivity index (χ4n) is 2.60. The van der Waals surface area contributed by atoms with Crippen LogP contribution in [0.3, 0.4) is 0 Å². The van der Waals surface area contributed by atoms with E-state index >= 15 is 0 Å². The number of rotatable bonds is 11. The van der Waals surface area contributed by atoms with Crippen LogP contribution in [0.4, 0.5) is 0 Å². The van der Waals surface area contributed by atoms with Crippen molar-refractivity contribution in [3.63, 3.8) is 0 Å². The van der Waals surface area contributed by atoms with Gasteiger partial charge in [-0.25, -0.2) is 4.79 Å². The number of carboxylic acids is 1. The summed E-state index contributed by atoms with van der Waals surface area (Å²) >= 11 is 0. The monoisotopic (exact) mass is 422 g/mol. The molecule has 3 amide bonds. The number of nitrogens with two attached hydrogens (primary N) is 1. The Morgan fingerprint density at radius 2 is 1.47 bits per heavy atom. The minimum Gasteiger partial charge on any atom is -0.480 e. The lowest BCUT2D eigenvalue weighted by atomic mass is 10.0. The smallest absolute Gasteiger partial charge is 0.328 e. The summed E-state index contributed by atoms with van der Waals surface area (Å²) in [5.74, 6) is -3.59. The largest absolute Gasteiger partial charge is 0.480 e. The van der Waals surface area contributed by atoms with Gasteiger partial charge in [0.05, 0.1) is 12.6 Å². The van der Waals surface area contributed by atoms with Crippen LogP contribution in [0, 0.1) is 5.92 Å². The van der Waals surface area contributed by atoms with Crippen LogP contribution in [0.5, 0.6) is 0 Å². The molecule has 0 aliphatic rings. The van der Waals surface area contributed by atoms with Crippen LogP contribution < -0.4 is 21.7 Å². The maximum absolute atomic E-state index is 12.8. The minimum atomic E-state index is -1.51. The molecule has 1 rings (SSSR count). The highest BCUT2D eigenvalue weighted by molar-refractivity contribution is 5.94. The van der Waals surface area contributed by atoms with Crippen molar-refractivity contribution in [3.8, 4) is 0 Å². The molecule has 166 valence electrons. The number of carboxylic acid groups (broad SMARTS) is 1.